The molecule has 0 fully saturated rings. The first-order chi connectivity index (χ1) is 12.7. The molecule has 0 heterocycles. The topological polar surface area (TPSA) is 75.7 Å². The Hall–Kier alpha value is -3.15. The van der Waals surface area contributed by atoms with Crippen molar-refractivity contribution in [2.24, 2.45) is 0 Å². The number of amides is 2. The molecule has 2 aromatic rings. The van der Waals surface area contributed by atoms with Crippen molar-refractivity contribution in [3.8, 4) is 0 Å². The van der Waals surface area contributed by atoms with Gasteiger partial charge in [0.1, 0.15) is 12.1 Å². The second-order valence-corrected chi connectivity index (χ2v) is 7.16. The van der Waals surface area contributed by atoms with Crippen LogP contribution in [0.4, 0.5) is 10.5 Å². The van der Waals surface area contributed by atoms with Crippen molar-refractivity contribution in [2.75, 3.05) is 18.9 Å². The Labute approximate surface area is 159 Å². The van der Waals surface area contributed by atoms with Crippen LogP contribution in [0, 0.1) is 0 Å². The summed E-state index contributed by atoms with van der Waals surface area (Å²) in [5, 5.41) is 2.70. The van der Waals surface area contributed by atoms with E-state index in [1.165, 1.54) is 11.9 Å². The van der Waals surface area contributed by atoms with E-state index >= 15 is 0 Å². The Balaban J connectivity index is 2.00. The minimum atomic E-state index is -0.631. The Morgan fingerprint density at radius 1 is 0.963 bits per heavy atom. The first-order valence-corrected chi connectivity index (χ1v) is 8.59. The van der Waals surface area contributed by atoms with Gasteiger partial charge in [0.15, 0.2) is 5.78 Å². The molecule has 2 amide bonds. The summed E-state index contributed by atoms with van der Waals surface area (Å²) in [6, 6.07) is 15.6. The van der Waals surface area contributed by atoms with Gasteiger partial charge in [-0.15, -0.1) is 0 Å². The van der Waals surface area contributed by atoms with Crippen molar-refractivity contribution < 1.29 is 19.1 Å². The standard InChI is InChI=1S/C21H24N2O4/c1-21(2,3)27-20(26)23(4)14-18(24)22-17-12-8-11-16(13-17)19(25)15-9-6-5-7-10-15/h5-13H,14H2,1-4H3,(H,22,24). The third kappa shape index (κ3) is 6.26. The summed E-state index contributed by atoms with van der Waals surface area (Å²) < 4.78 is 5.21. The van der Waals surface area contributed by atoms with E-state index in [9.17, 15) is 14.4 Å². The lowest BCUT2D eigenvalue weighted by Crippen LogP contribution is -2.38. The smallest absolute Gasteiger partial charge is 0.410 e. The van der Waals surface area contributed by atoms with E-state index in [-0.39, 0.29) is 18.2 Å². The maximum absolute atomic E-state index is 12.5. The van der Waals surface area contributed by atoms with Crippen molar-refractivity contribution in [1.29, 1.82) is 0 Å². The van der Waals surface area contributed by atoms with E-state index < -0.39 is 11.7 Å². The molecule has 0 spiro atoms. The van der Waals surface area contributed by atoms with Gasteiger partial charge >= 0.3 is 6.09 Å². The monoisotopic (exact) mass is 368 g/mol. The van der Waals surface area contributed by atoms with E-state index in [4.69, 9.17) is 4.74 Å². The molecular formula is C21H24N2O4. The summed E-state index contributed by atoms with van der Waals surface area (Å²) in [6.45, 7) is 5.11. The van der Waals surface area contributed by atoms with Crippen LogP contribution in [0.3, 0.4) is 0 Å². The van der Waals surface area contributed by atoms with Gasteiger partial charge in [-0.25, -0.2) is 4.79 Å². The molecule has 0 unspecified atom stereocenters. The van der Waals surface area contributed by atoms with Crippen molar-refractivity contribution in [2.45, 2.75) is 26.4 Å². The van der Waals surface area contributed by atoms with E-state index in [1.54, 1.807) is 69.3 Å². The van der Waals surface area contributed by atoms with Crippen LogP contribution in [0.1, 0.15) is 36.7 Å². The van der Waals surface area contributed by atoms with Crippen LogP contribution >= 0.6 is 0 Å². The maximum Gasteiger partial charge on any atom is 0.410 e. The summed E-state index contributed by atoms with van der Waals surface area (Å²) in [5.74, 6) is -0.509. The van der Waals surface area contributed by atoms with Crippen LogP contribution in [0.2, 0.25) is 0 Å². The van der Waals surface area contributed by atoms with Crippen LogP contribution in [-0.2, 0) is 9.53 Å². The third-order valence-electron chi connectivity index (χ3n) is 3.53. The molecule has 0 aliphatic heterocycles. The van der Waals surface area contributed by atoms with Gasteiger partial charge in [-0.3, -0.25) is 9.59 Å². The molecule has 2 aromatic carbocycles. The van der Waals surface area contributed by atoms with Crippen LogP contribution < -0.4 is 5.32 Å². The highest BCUT2D eigenvalue weighted by Gasteiger charge is 2.21. The number of hydrogen-bond acceptors (Lipinski definition) is 4. The van der Waals surface area contributed by atoms with Gasteiger partial charge in [0.2, 0.25) is 5.91 Å². The summed E-state index contributed by atoms with van der Waals surface area (Å²) in [7, 11) is 1.49. The predicted octanol–water partition coefficient (Wildman–Crippen LogP) is 3.72. The molecule has 6 heteroatoms. The number of hydrogen-bond donors (Lipinski definition) is 1. The van der Waals surface area contributed by atoms with Crippen molar-refractivity contribution in [3.63, 3.8) is 0 Å². The largest absolute Gasteiger partial charge is 0.444 e. The number of benzene rings is 2. The van der Waals surface area contributed by atoms with Crippen molar-refractivity contribution in [1.82, 2.24) is 4.90 Å². The SMILES string of the molecule is CN(CC(=O)Nc1cccc(C(=O)c2ccccc2)c1)C(=O)OC(C)(C)C. The lowest BCUT2D eigenvalue weighted by Gasteiger charge is -2.24. The Bertz CT molecular complexity index is 826. The normalized spacial score (nSPS) is 10.8. The van der Waals surface area contributed by atoms with E-state index in [2.05, 4.69) is 5.32 Å². The number of nitrogens with zero attached hydrogens (tertiary/aromatic N) is 1. The molecule has 1 N–H and O–H groups in total. The molecule has 0 aliphatic rings. The van der Waals surface area contributed by atoms with Crippen LogP contribution in [-0.4, -0.2) is 41.9 Å². The van der Waals surface area contributed by atoms with Crippen LogP contribution in [0.15, 0.2) is 54.6 Å². The Morgan fingerprint density at radius 2 is 1.59 bits per heavy atom. The number of ketones is 1. The molecule has 0 atom stereocenters. The van der Waals surface area contributed by atoms with Gasteiger partial charge in [-0.05, 0) is 32.9 Å². The average Bonchev–Trinajstić information content (AvgIpc) is 2.60. The molecule has 0 saturated heterocycles. The van der Waals surface area contributed by atoms with Crippen LogP contribution in [0.5, 0.6) is 0 Å². The third-order valence-corrected chi connectivity index (χ3v) is 3.53. The van der Waals surface area contributed by atoms with Crippen molar-refractivity contribution in [3.05, 3.63) is 65.7 Å². The minimum Gasteiger partial charge on any atom is -0.444 e. The number of likely N-dealkylation sites (N-methyl/N-ethyl adjacent to an activating group) is 1. The molecule has 6 nitrogen and oxygen atoms in total. The van der Waals surface area contributed by atoms with E-state index in [0.717, 1.165) is 0 Å². The molecule has 0 saturated carbocycles. The van der Waals surface area contributed by atoms with E-state index in [0.29, 0.717) is 16.8 Å². The minimum absolute atomic E-state index is 0.127. The Morgan fingerprint density at radius 3 is 2.22 bits per heavy atom. The molecule has 142 valence electrons. The van der Waals surface area contributed by atoms with Gasteiger partial charge in [-0.1, -0.05) is 42.5 Å². The fraction of sp³-hybridized carbons (Fsp3) is 0.286. The summed E-state index contributed by atoms with van der Waals surface area (Å²) in [4.78, 5) is 37.8. The molecule has 2 rings (SSSR count). The number of ether oxygens (including phenoxy) is 1. The lowest BCUT2D eigenvalue weighted by atomic mass is 10.0. The number of carbonyl (C=O) groups excluding carboxylic acids is 3. The first-order valence-electron chi connectivity index (χ1n) is 8.59. The fourth-order valence-corrected chi connectivity index (χ4v) is 2.31. The lowest BCUT2D eigenvalue weighted by molar-refractivity contribution is -0.117. The number of nitrogens with one attached hydrogen (secondary N) is 1. The van der Waals surface area contributed by atoms with Crippen LogP contribution in [0.25, 0.3) is 0 Å². The summed E-state index contributed by atoms with van der Waals surface area (Å²) in [6.07, 6.45) is -0.578. The maximum atomic E-state index is 12.5. The van der Waals surface area contributed by atoms with Crippen molar-refractivity contribution >= 4 is 23.5 Å². The number of rotatable bonds is 5. The fourth-order valence-electron chi connectivity index (χ4n) is 2.31. The molecule has 0 bridgehead atoms. The zero-order valence-electron chi connectivity index (χ0n) is 16.0. The summed E-state index contributed by atoms with van der Waals surface area (Å²) in [5.41, 5.74) is 0.901. The Kier molecular flexibility index (Phi) is 6.34. The number of anilines is 1. The quantitative estimate of drug-likeness (QED) is 0.816. The van der Waals surface area contributed by atoms with Gasteiger partial charge in [0, 0.05) is 23.9 Å². The van der Waals surface area contributed by atoms with Gasteiger partial charge in [0.05, 0.1) is 0 Å². The molecule has 27 heavy (non-hydrogen) atoms. The average molecular weight is 368 g/mol. The highest BCUT2D eigenvalue weighted by molar-refractivity contribution is 6.09. The van der Waals surface area contributed by atoms with Gasteiger partial charge in [0.25, 0.3) is 0 Å². The van der Waals surface area contributed by atoms with Gasteiger partial charge < -0.3 is 15.0 Å². The highest BCUT2D eigenvalue weighted by atomic mass is 16.6. The second kappa shape index (κ2) is 8.49. The zero-order chi connectivity index (χ0) is 20.0. The molecule has 0 aromatic heterocycles. The molecule has 0 aliphatic carbocycles. The number of carbonyl (C=O) groups is 3. The second-order valence-electron chi connectivity index (χ2n) is 7.16. The van der Waals surface area contributed by atoms with Gasteiger partial charge in [-0.2, -0.15) is 0 Å². The summed E-state index contributed by atoms with van der Waals surface area (Å²) >= 11 is 0. The predicted molar refractivity (Wildman–Crippen MR) is 104 cm³/mol. The van der Waals surface area contributed by atoms with E-state index in [1.807, 2.05) is 6.07 Å². The first kappa shape index (κ1) is 20.2. The molecule has 0 radical (unpaired) electrons. The molecular weight excluding hydrogens is 344 g/mol. The highest BCUT2D eigenvalue weighted by Crippen LogP contribution is 2.15. The zero-order valence-corrected chi connectivity index (χ0v) is 16.0.